The SMILES string of the molecule is CCCCCCC(CCCCCCCCCC(CCCCCCCC(C=O)CCCCCC(CCCCCCCCCC(CCCCCC)OS(=O)(=O)[O-])OS(=O)(=O)[O-])OS(=O)(=O)[O-])OS(=O)(=O)[O-].[Na+].[Na+].[Na+].[Na+]. The van der Waals surface area contributed by atoms with Gasteiger partial charge in [-0.15, -0.1) is 0 Å². The second-order valence-corrected chi connectivity index (χ2v) is 23.2. The largest absolute Gasteiger partial charge is 1.00 e. The first-order chi connectivity index (χ1) is 32.7. The van der Waals surface area contributed by atoms with Gasteiger partial charge in [0.2, 0.25) is 41.6 Å². The molecule has 0 aliphatic rings. The van der Waals surface area contributed by atoms with Crippen molar-refractivity contribution in [1.82, 2.24) is 0 Å². The fraction of sp³-hybridized carbons (Fsp3) is 0.979. The third kappa shape index (κ3) is 64.2. The van der Waals surface area contributed by atoms with E-state index in [2.05, 4.69) is 13.8 Å². The topological polar surface area (TPSA) is 283 Å². The van der Waals surface area contributed by atoms with Crippen molar-refractivity contribution < 1.29 is 192 Å². The molecule has 0 radical (unpaired) electrons. The van der Waals surface area contributed by atoms with Crippen LogP contribution in [0.1, 0.15) is 271 Å². The Morgan fingerprint density at radius 2 is 0.438 bits per heavy atom. The zero-order valence-corrected chi connectivity index (χ0v) is 57.6. The first kappa shape index (κ1) is 85.0. The van der Waals surface area contributed by atoms with Gasteiger partial charge in [0.1, 0.15) is 6.29 Å². The maximum atomic E-state index is 11.8. The van der Waals surface area contributed by atoms with Crippen molar-refractivity contribution in [3.05, 3.63) is 0 Å². The van der Waals surface area contributed by atoms with E-state index >= 15 is 0 Å². The maximum Gasteiger partial charge on any atom is 1.00 e. The van der Waals surface area contributed by atoms with Crippen LogP contribution in [0.4, 0.5) is 0 Å². The van der Waals surface area contributed by atoms with E-state index in [0.717, 1.165) is 192 Å². The molecule has 0 aliphatic heterocycles. The van der Waals surface area contributed by atoms with Crippen LogP contribution in [0, 0.1) is 5.92 Å². The Balaban J connectivity index is -0.00000385. The van der Waals surface area contributed by atoms with Crippen LogP contribution < -0.4 is 118 Å². The minimum absolute atomic E-state index is 0. The molecular weight excluding hydrogens is 1070 g/mol. The molecule has 0 aromatic carbocycles. The molecule has 0 saturated heterocycles. The van der Waals surface area contributed by atoms with Gasteiger partial charge in [0, 0.05) is 5.92 Å². The molecule has 17 nitrogen and oxygen atoms in total. The van der Waals surface area contributed by atoms with Crippen LogP contribution in [0.3, 0.4) is 0 Å². The predicted octanol–water partition coefficient (Wildman–Crippen LogP) is -0.157. The van der Waals surface area contributed by atoms with Crippen molar-refractivity contribution in [1.29, 1.82) is 0 Å². The van der Waals surface area contributed by atoms with Crippen LogP contribution in [0.15, 0.2) is 0 Å². The molecular formula is C48H92Na4O17S4. The molecule has 0 aromatic heterocycles. The van der Waals surface area contributed by atoms with Crippen molar-refractivity contribution in [3.63, 3.8) is 0 Å². The predicted molar refractivity (Wildman–Crippen MR) is 264 cm³/mol. The Labute approximate surface area is 534 Å². The van der Waals surface area contributed by atoms with E-state index in [1.165, 1.54) is 0 Å². The van der Waals surface area contributed by atoms with Gasteiger partial charge in [-0.3, -0.25) is 16.7 Å². The van der Waals surface area contributed by atoms with Gasteiger partial charge >= 0.3 is 118 Å². The molecule has 0 saturated carbocycles. The van der Waals surface area contributed by atoms with Crippen LogP contribution in [-0.2, 0) is 63.1 Å². The fourth-order valence-electron chi connectivity index (χ4n) is 9.03. The van der Waals surface area contributed by atoms with E-state index in [-0.39, 0.29) is 124 Å². The third-order valence-electron chi connectivity index (χ3n) is 12.8. The van der Waals surface area contributed by atoms with Gasteiger partial charge in [0.05, 0.1) is 24.4 Å². The van der Waals surface area contributed by atoms with E-state index < -0.39 is 66.0 Å². The Morgan fingerprint density at radius 3 is 0.603 bits per heavy atom. The van der Waals surface area contributed by atoms with Crippen LogP contribution in [0.2, 0.25) is 0 Å². The number of aldehydes is 1. The van der Waals surface area contributed by atoms with E-state index in [9.17, 15) is 56.7 Å². The van der Waals surface area contributed by atoms with Gasteiger partial charge in [-0.05, 0) is 64.2 Å². The number of unbranched alkanes of at least 4 members (excludes halogenated alkanes) is 24. The van der Waals surface area contributed by atoms with Crippen LogP contribution >= 0.6 is 0 Å². The minimum atomic E-state index is -4.84. The number of carbonyl (C=O) groups excluding carboxylic acids is 1. The molecule has 0 bridgehead atoms. The average molecular weight is 1160 g/mol. The zero-order chi connectivity index (χ0) is 51.7. The molecule has 0 amide bonds. The van der Waals surface area contributed by atoms with E-state index in [0.29, 0.717) is 70.6 Å². The van der Waals surface area contributed by atoms with Gasteiger partial charge in [-0.25, -0.2) is 33.7 Å². The number of hydrogen-bond donors (Lipinski definition) is 0. The maximum absolute atomic E-state index is 11.8. The standard InChI is InChI=1S/C48H96O17S4.4Na/c1-3-5-7-25-35-45(62-66(50,51)52)37-27-17-11-9-13-19-29-39-47(64-68(56,57)58)41-31-21-15-16-23-33-44(43-49)34-24-22-32-42-48(65-69(59,60)61)40-30-20-14-10-12-18-28-38-46(63-67(53,54)55)36-26-8-6-4-2;;;;/h43-48H,3-42H2,1-2H3,(H,50,51,52)(H,53,54,55)(H,56,57,58)(H,59,60,61);;;;/q;4*+1/p-4. The summed E-state index contributed by atoms with van der Waals surface area (Å²) in [6.07, 6.45) is 30.4. The fourth-order valence-corrected chi connectivity index (χ4v) is 11.1. The Bertz CT molecular complexity index is 1680. The normalized spacial score (nSPS) is 14.2. The van der Waals surface area contributed by atoms with Crippen molar-refractivity contribution in [3.8, 4) is 0 Å². The molecule has 5 unspecified atom stereocenters. The Hall–Kier alpha value is 3.15. The first-order valence-corrected chi connectivity index (χ1v) is 32.0. The molecule has 0 heterocycles. The second kappa shape index (κ2) is 54.4. The average Bonchev–Trinajstić information content (AvgIpc) is 3.24. The van der Waals surface area contributed by atoms with Gasteiger partial charge in [-0.2, -0.15) is 0 Å². The van der Waals surface area contributed by atoms with Gasteiger partial charge in [0.25, 0.3) is 0 Å². The molecule has 0 spiro atoms. The van der Waals surface area contributed by atoms with E-state index in [4.69, 9.17) is 16.7 Å². The Morgan fingerprint density at radius 1 is 0.288 bits per heavy atom. The summed E-state index contributed by atoms with van der Waals surface area (Å²) >= 11 is 0. The zero-order valence-electron chi connectivity index (χ0n) is 46.3. The van der Waals surface area contributed by atoms with Gasteiger partial charge in [-0.1, -0.05) is 206 Å². The molecule has 0 fully saturated rings. The second-order valence-electron chi connectivity index (χ2n) is 19.2. The summed E-state index contributed by atoms with van der Waals surface area (Å²) in [4.78, 5) is 11.8. The van der Waals surface area contributed by atoms with Gasteiger partial charge in [0.15, 0.2) is 0 Å². The number of rotatable bonds is 53. The third-order valence-corrected chi connectivity index (χ3v) is 14.8. The quantitative estimate of drug-likeness (QED) is 0.0252. The first-order valence-electron chi connectivity index (χ1n) is 26.7. The molecule has 5 atom stereocenters. The summed E-state index contributed by atoms with van der Waals surface area (Å²) in [5.41, 5.74) is 0. The van der Waals surface area contributed by atoms with Crippen molar-refractivity contribution >= 4 is 47.9 Å². The smallest absolute Gasteiger partial charge is 0.726 e. The summed E-state index contributed by atoms with van der Waals surface area (Å²) in [5, 5.41) is 0. The minimum Gasteiger partial charge on any atom is -0.726 e. The summed E-state index contributed by atoms with van der Waals surface area (Å²) in [7, 11) is -19.1. The van der Waals surface area contributed by atoms with Crippen molar-refractivity contribution in [2.45, 2.75) is 295 Å². The summed E-state index contributed by atoms with van der Waals surface area (Å²) < 4.78 is 154. The molecule has 0 aliphatic carbocycles. The molecule has 25 heteroatoms. The van der Waals surface area contributed by atoms with Crippen LogP contribution in [0.5, 0.6) is 0 Å². The number of carbonyl (C=O) groups is 1. The number of hydrogen-bond acceptors (Lipinski definition) is 17. The molecule has 0 rings (SSSR count). The summed E-state index contributed by atoms with van der Waals surface area (Å²) in [5.74, 6) is -0.0822. The van der Waals surface area contributed by atoms with Crippen LogP contribution in [-0.4, -0.2) is 82.6 Å². The van der Waals surface area contributed by atoms with Crippen molar-refractivity contribution in [2.24, 2.45) is 5.92 Å². The molecule has 73 heavy (non-hydrogen) atoms. The van der Waals surface area contributed by atoms with E-state index in [1.807, 2.05) is 0 Å². The van der Waals surface area contributed by atoms with Gasteiger partial charge < -0.3 is 23.0 Å². The van der Waals surface area contributed by atoms with E-state index in [1.54, 1.807) is 0 Å². The molecule has 414 valence electrons. The van der Waals surface area contributed by atoms with Crippen LogP contribution in [0.25, 0.3) is 0 Å². The summed E-state index contributed by atoms with van der Waals surface area (Å²) in [6, 6.07) is 0. The monoisotopic (exact) mass is 1160 g/mol. The Kier molecular flexibility index (Phi) is 63.3. The van der Waals surface area contributed by atoms with Crippen molar-refractivity contribution in [2.75, 3.05) is 0 Å². The molecule has 0 aromatic rings. The molecule has 0 N–H and O–H groups in total. The summed E-state index contributed by atoms with van der Waals surface area (Å²) in [6.45, 7) is 4.18.